The van der Waals surface area contributed by atoms with Gasteiger partial charge in [0.1, 0.15) is 11.4 Å². The summed E-state index contributed by atoms with van der Waals surface area (Å²) in [7, 11) is 0. The van der Waals surface area contributed by atoms with Crippen LogP contribution in [0.5, 0.6) is 0 Å². The maximum absolute atomic E-state index is 13.0. The van der Waals surface area contributed by atoms with E-state index in [9.17, 15) is 14.0 Å². The van der Waals surface area contributed by atoms with Crippen molar-refractivity contribution in [2.75, 3.05) is 19.6 Å². The Morgan fingerprint density at radius 3 is 2.63 bits per heavy atom. The highest BCUT2D eigenvalue weighted by Gasteiger charge is 2.44. The van der Waals surface area contributed by atoms with Crippen molar-refractivity contribution in [1.82, 2.24) is 10.2 Å². The second kappa shape index (κ2) is 7.87. The van der Waals surface area contributed by atoms with Gasteiger partial charge in [0, 0.05) is 25.6 Å². The van der Waals surface area contributed by atoms with Crippen LogP contribution in [-0.4, -0.2) is 42.1 Å². The van der Waals surface area contributed by atoms with Gasteiger partial charge >= 0.3 is 6.09 Å². The number of benzene rings is 1. The molecule has 3 rings (SSSR count). The molecule has 0 bridgehead atoms. The summed E-state index contributed by atoms with van der Waals surface area (Å²) in [6, 6.07) is 6.39. The van der Waals surface area contributed by atoms with E-state index in [1.54, 1.807) is 17.0 Å². The van der Waals surface area contributed by atoms with E-state index in [1.165, 1.54) is 12.1 Å². The van der Waals surface area contributed by atoms with Gasteiger partial charge in [-0.05, 0) is 69.6 Å². The number of hydrogen-bond donors (Lipinski definition) is 1. The average Bonchev–Trinajstić information content (AvgIpc) is 3.40. The number of carbonyl (C=O) groups is 2. The van der Waals surface area contributed by atoms with E-state index in [2.05, 4.69) is 5.32 Å². The predicted octanol–water partition coefficient (Wildman–Crippen LogP) is 3.69. The Hall–Kier alpha value is -2.11. The molecule has 0 aromatic heterocycles. The SMILES string of the molecule is CC(C)(C)OC(=O)N1CCCC(CNC(=O)C2CC2c2ccc(F)cc2)C1. The minimum Gasteiger partial charge on any atom is -0.444 e. The van der Waals surface area contributed by atoms with Gasteiger partial charge in [-0.2, -0.15) is 0 Å². The number of piperidine rings is 1. The quantitative estimate of drug-likeness (QED) is 0.872. The summed E-state index contributed by atoms with van der Waals surface area (Å²) in [5.74, 6) is 0.209. The second-order valence-corrected chi connectivity index (χ2v) is 8.68. The van der Waals surface area contributed by atoms with Crippen molar-refractivity contribution in [2.24, 2.45) is 11.8 Å². The first kappa shape index (κ1) is 19.6. The first-order valence-corrected chi connectivity index (χ1v) is 9.74. The lowest BCUT2D eigenvalue weighted by Crippen LogP contribution is -2.45. The number of carbonyl (C=O) groups excluding carboxylic acids is 2. The maximum atomic E-state index is 13.0. The zero-order valence-electron chi connectivity index (χ0n) is 16.3. The molecule has 1 aromatic carbocycles. The smallest absolute Gasteiger partial charge is 0.410 e. The molecule has 0 spiro atoms. The number of amides is 2. The molecule has 6 heteroatoms. The molecule has 1 aliphatic heterocycles. The molecule has 2 amide bonds. The van der Waals surface area contributed by atoms with Crippen LogP contribution in [0.3, 0.4) is 0 Å². The fraction of sp³-hybridized carbons (Fsp3) is 0.619. The van der Waals surface area contributed by atoms with Crippen molar-refractivity contribution in [2.45, 2.75) is 51.6 Å². The Bertz CT molecular complexity index is 684. The zero-order valence-corrected chi connectivity index (χ0v) is 16.3. The largest absolute Gasteiger partial charge is 0.444 e. The average molecular weight is 376 g/mol. The highest BCUT2D eigenvalue weighted by molar-refractivity contribution is 5.82. The number of hydrogen-bond acceptors (Lipinski definition) is 3. The van der Waals surface area contributed by atoms with E-state index in [4.69, 9.17) is 4.74 Å². The van der Waals surface area contributed by atoms with Gasteiger partial charge in [-0.3, -0.25) is 4.79 Å². The van der Waals surface area contributed by atoms with Crippen LogP contribution in [0.25, 0.3) is 0 Å². The molecule has 3 atom stereocenters. The fourth-order valence-corrected chi connectivity index (χ4v) is 3.66. The van der Waals surface area contributed by atoms with Crippen LogP contribution in [0.2, 0.25) is 0 Å². The van der Waals surface area contributed by atoms with Crippen molar-refractivity contribution >= 4 is 12.0 Å². The minimum atomic E-state index is -0.500. The lowest BCUT2D eigenvalue weighted by Gasteiger charge is -2.34. The lowest BCUT2D eigenvalue weighted by molar-refractivity contribution is -0.122. The number of likely N-dealkylation sites (tertiary alicyclic amines) is 1. The van der Waals surface area contributed by atoms with E-state index in [1.807, 2.05) is 20.8 Å². The third kappa shape index (κ3) is 5.44. The summed E-state index contributed by atoms with van der Waals surface area (Å²) in [6.45, 7) is 7.47. The van der Waals surface area contributed by atoms with E-state index < -0.39 is 5.60 Å². The number of rotatable bonds is 4. The molecule has 1 saturated carbocycles. The Kier molecular flexibility index (Phi) is 5.72. The molecular formula is C21H29FN2O3. The molecule has 1 saturated heterocycles. The maximum Gasteiger partial charge on any atom is 0.410 e. The summed E-state index contributed by atoms with van der Waals surface area (Å²) in [5.41, 5.74) is 0.518. The minimum absolute atomic E-state index is 0.0268. The predicted molar refractivity (Wildman–Crippen MR) is 101 cm³/mol. The van der Waals surface area contributed by atoms with Crippen LogP contribution in [-0.2, 0) is 9.53 Å². The van der Waals surface area contributed by atoms with Crippen LogP contribution in [0.4, 0.5) is 9.18 Å². The first-order chi connectivity index (χ1) is 12.7. The molecule has 1 heterocycles. The van der Waals surface area contributed by atoms with Crippen LogP contribution < -0.4 is 5.32 Å². The summed E-state index contributed by atoms with van der Waals surface area (Å²) < 4.78 is 18.5. The fourth-order valence-electron chi connectivity index (χ4n) is 3.66. The molecule has 5 nitrogen and oxygen atoms in total. The van der Waals surface area contributed by atoms with Gasteiger partial charge in [-0.25, -0.2) is 9.18 Å². The van der Waals surface area contributed by atoms with Gasteiger partial charge in [0.25, 0.3) is 0 Å². The van der Waals surface area contributed by atoms with E-state index >= 15 is 0 Å². The second-order valence-electron chi connectivity index (χ2n) is 8.68. The highest BCUT2D eigenvalue weighted by Crippen LogP contribution is 2.47. The topological polar surface area (TPSA) is 58.6 Å². The number of halogens is 1. The van der Waals surface area contributed by atoms with Crippen molar-refractivity contribution < 1.29 is 18.7 Å². The van der Waals surface area contributed by atoms with Crippen LogP contribution in [0, 0.1) is 17.7 Å². The van der Waals surface area contributed by atoms with Gasteiger partial charge in [0.05, 0.1) is 0 Å². The molecule has 148 valence electrons. The molecule has 1 N–H and O–H groups in total. The number of ether oxygens (including phenoxy) is 1. The first-order valence-electron chi connectivity index (χ1n) is 9.74. The van der Waals surface area contributed by atoms with Crippen LogP contribution >= 0.6 is 0 Å². The molecule has 1 aromatic rings. The third-order valence-electron chi connectivity index (χ3n) is 5.16. The molecule has 2 aliphatic rings. The Balaban J connectivity index is 1.44. The summed E-state index contributed by atoms with van der Waals surface area (Å²) in [4.78, 5) is 26.4. The van der Waals surface area contributed by atoms with Crippen molar-refractivity contribution in [3.63, 3.8) is 0 Å². The number of nitrogens with one attached hydrogen (secondary N) is 1. The summed E-state index contributed by atoms with van der Waals surface area (Å²) in [5, 5.41) is 3.04. The normalized spacial score (nSPS) is 25.0. The van der Waals surface area contributed by atoms with Gasteiger partial charge in [-0.1, -0.05) is 12.1 Å². The standard InChI is InChI=1S/C21H29FN2O3/c1-21(2,3)27-20(26)24-10-4-5-14(13-24)12-23-19(25)18-11-17(18)15-6-8-16(22)9-7-15/h6-9,14,17-18H,4-5,10-13H2,1-3H3,(H,23,25). The third-order valence-corrected chi connectivity index (χ3v) is 5.16. The van der Waals surface area contributed by atoms with Gasteiger partial charge in [-0.15, -0.1) is 0 Å². The van der Waals surface area contributed by atoms with Gasteiger partial charge in [0.2, 0.25) is 5.91 Å². The van der Waals surface area contributed by atoms with Gasteiger partial charge in [0.15, 0.2) is 0 Å². The van der Waals surface area contributed by atoms with Crippen molar-refractivity contribution in [3.05, 3.63) is 35.6 Å². The van der Waals surface area contributed by atoms with Crippen LogP contribution in [0.1, 0.15) is 51.5 Å². The monoisotopic (exact) mass is 376 g/mol. The Morgan fingerprint density at radius 1 is 1.26 bits per heavy atom. The molecular weight excluding hydrogens is 347 g/mol. The van der Waals surface area contributed by atoms with Crippen molar-refractivity contribution in [3.8, 4) is 0 Å². The number of nitrogens with zero attached hydrogens (tertiary/aromatic N) is 1. The van der Waals surface area contributed by atoms with Crippen molar-refractivity contribution in [1.29, 1.82) is 0 Å². The van der Waals surface area contributed by atoms with Gasteiger partial charge < -0.3 is 15.0 Å². The molecule has 0 radical (unpaired) electrons. The summed E-state index contributed by atoms with van der Waals surface area (Å²) in [6.07, 6.45) is 2.44. The molecule has 3 unspecified atom stereocenters. The van der Waals surface area contributed by atoms with E-state index in [0.29, 0.717) is 19.6 Å². The molecule has 1 aliphatic carbocycles. The molecule has 2 fully saturated rings. The Labute approximate surface area is 160 Å². The zero-order chi connectivity index (χ0) is 19.6. The van der Waals surface area contributed by atoms with Crippen LogP contribution in [0.15, 0.2) is 24.3 Å². The lowest BCUT2D eigenvalue weighted by atomic mass is 9.98. The Morgan fingerprint density at radius 2 is 1.96 bits per heavy atom. The molecule has 27 heavy (non-hydrogen) atoms. The van der Waals surface area contributed by atoms with E-state index in [-0.39, 0.29) is 35.6 Å². The highest BCUT2D eigenvalue weighted by atomic mass is 19.1. The summed E-state index contributed by atoms with van der Waals surface area (Å²) >= 11 is 0. The van der Waals surface area contributed by atoms with E-state index in [0.717, 1.165) is 24.8 Å².